The molecular weight excluding hydrogens is 330 g/mol. The van der Waals surface area contributed by atoms with Gasteiger partial charge in [0.25, 0.3) is 0 Å². The Morgan fingerprint density at radius 1 is 1.28 bits per heavy atom. The summed E-state index contributed by atoms with van der Waals surface area (Å²) in [5.74, 6) is -0.0433. The zero-order chi connectivity index (χ0) is 17.4. The van der Waals surface area contributed by atoms with Gasteiger partial charge in [0.1, 0.15) is 0 Å². The average Bonchev–Trinajstić information content (AvgIpc) is 3.21. The number of aromatic nitrogens is 1. The van der Waals surface area contributed by atoms with Crippen LogP contribution in [0.3, 0.4) is 0 Å². The van der Waals surface area contributed by atoms with E-state index in [-0.39, 0.29) is 11.8 Å². The first-order valence-electron chi connectivity index (χ1n) is 8.22. The highest BCUT2D eigenvalue weighted by Crippen LogP contribution is 2.51. The molecule has 0 saturated heterocycles. The predicted molar refractivity (Wildman–Crippen MR) is 102 cm³/mol. The molecule has 1 aliphatic rings. The number of amides is 1. The van der Waals surface area contributed by atoms with Crippen molar-refractivity contribution < 1.29 is 4.79 Å². The van der Waals surface area contributed by atoms with Crippen molar-refractivity contribution in [3.63, 3.8) is 0 Å². The molecule has 2 atom stereocenters. The molecule has 0 saturated carbocycles. The maximum absolute atomic E-state index is 13.2. The van der Waals surface area contributed by atoms with E-state index >= 15 is 0 Å². The minimum atomic E-state index is -0.594. The predicted octanol–water partition coefficient (Wildman–Crippen LogP) is 4.06. The fraction of sp³-hybridized carbons (Fsp3) is 0.200. The molecule has 0 unspecified atom stereocenters. The quantitative estimate of drug-likeness (QED) is 0.701. The van der Waals surface area contributed by atoms with Crippen molar-refractivity contribution in [2.45, 2.75) is 19.3 Å². The van der Waals surface area contributed by atoms with Gasteiger partial charge in [0.2, 0.25) is 5.91 Å². The summed E-state index contributed by atoms with van der Waals surface area (Å²) in [4.78, 5) is 17.4. The van der Waals surface area contributed by atoms with Gasteiger partial charge < -0.3 is 11.1 Å². The largest absolute Gasteiger partial charge is 0.399 e. The van der Waals surface area contributed by atoms with E-state index in [1.165, 1.54) is 16.9 Å². The Morgan fingerprint density at radius 2 is 2.08 bits per heavy atom. The van der Waals surface area contributed by atoms with Gasteiger partial charge in [-0.3, -0.25) is 4.79 Å². The Labute approximate surface area is 150 Å². The number of thiazole rings is 1. The molecule has 3 aromatic rings. The third-order valence-corrected chi connectivity index (χ3v) is 5.67. The van der Waals surface area contributed by atoms with Crippen molar-refractivity contribution >= 4 is 28.1 Å². The number of carbonyl (C=O) groups excluding carboxylic acids is 1. The highest BCUT2D eigenvalue weighted by molar-refractivity contribution is 7.13. The molecule has 0 aliphatic heterocycles. The Kier molecular flexibility index (Phi) is 3.81. The van der Waals surface area contributed by atoms with E-state index in [2.05, 4.69) is 22.4 Å². The maximum Gasteiger partial charge on any atom is 0.233 e. The Balaban J connectivity index is 1.79. The van der Waals surface area contributed by atoms with Crippen LogP contribution < -0.4 is 11.1 Å². The summed E-state index contributed by atoms with van der Waals surface area (Å²) in [6.45, 7) is 2.03. The van der Waals surface area contributed by atoms with E-state index in [0.29, 0.717) is 11.6 Å². The molecule has 5 heteroatoms. The number of anilines is 2. The summed E-state index contributed by atoms with van der Waals surface area (Å²) in [5, 5.41) is 5.48. The van der Waals surface area contributed by atoms with Crippen LogP contribution in [0.1, 0.15) is 29.5 Å². The fourth-order valence-electron chi connectivity index (χ4n) is 3.81. The van der Waals surface area contributed by atoms with Crippen molar-refractivity contribution in [3.8, 4) is 0 Å². The lowest BCUT2D eigenvalue weighted by Gasteiger charge is -2.31. The van der Waals surface area contributed by atoms with Crippen LogP contribution >= 0.6 is 11.3 Å². The van der Waals surface area contributed by atoms with Crippen LogP contribution in [-0.4, -0.2) is 10.9 Å². The van der Waals surface area contributed by atoms with E-state index in [0.717, 1.165) is 16.8 Å². The van der Waals surface area contributed by atoms with Gasteiger partial charge in [-0.05, 0) is 42.2 Å². The Hall–Kier alpha value is -2.66. The number of nitrogens with zero attached hydrogens (tertiary/aromatic N) is 1. The number of hydrogen-bond donors (Lipinski definition) is 2. The van der Waals surface area contributed by atoms with E-state index in [4.69, 9.17) is 5.73 Å². The second kappa shape index (κ2) is 6.01. The second-order valence-corrected chi connectivity index (χ2v) is 7.58. The zero-order valence-corrected chi connectivity index (χ0v) is 14.7. The smallest absolute Gasteiger partial charge is 0.233 e. The van der Waals surface area contributed by atoms with Crippen LogP contribution in [0.2, 0.25) is 0 Å². The van der Waals surface area contributed by atoms with Crippen LogP contribution in [0.5, 0.6) is 0 Å². The van der Waals surface area contributed by atoms with Crippen molar-refractivity contribution in [1.29, 1.82) is 0 Å². The first-order valence-corrected chi connectivity index (χ1v) is 9.10. The van der Waals surface area contributed by atoms with Crippen LogP contribution in [0, 0.1) is 5.41 Å². The molecule has 25 heavy (non-hydrogen) atoms. The van der Waals surface area contributed by atoms with Crippen LogP contribution in [0.15, 0.2) is 60.1 Å². The zero-order valence-electron chi connectivity index (χ0n) is 13.9. The second-order valence-electron chi connectivity index (χ2n) is 6.69. The van der Waals surface area contributed by atoms with Crippen LogP contribution in [0.25, 0.3) is 0 Å². The molecule has 4 nitrogen and oxygen atoms in total. The van der Waals surface area contributed by atoms with Gasteiger partial charge in [-0.25, -0.2) is 4.98 Å². The number of fused-ring (bicyclic) bond motifs is 1. The number of nitrogen functional groups attached to an aromatic ring is 1. The lowest BCUT2D eigenvalue weighted by Crippen LogP contribution is -2.37. The van der Waals surface area contributed by atoms with Gasteiger partial charge >= 0.3 is 0 Å². The SMILES string of the molecule is C[C@@]1(C(=O)Nc2nccs2)Cc2ccc(N)cc2[C@@H]1c1ccccc1. The summed E-state index contributed by atoms with van der Waals surface area (Å²) in [5.41, 5.74) is 9.62. The molecule has 3 N–H and O–H groups in total. The van der Waals surface area contributed by atoms with Crippen LogP contribution in [0.4, 0.5) is 10.8 Å². The summed E-state index contributed by atoms with van der Waals surface area (Å²) in [7, 11) is 0. The van der Waals surface area contributed by atoms with Gasteiger partial charge in [-0.15, -0.1) is 11.3 Å². The van der Waals surface area contributed by atoms with E-state index in [9.17, 15) is 4.79 Å². The van der Waals surface area contributed by atoms with Gasteiger partial charge in [-0.1, -0.05) is 36.4 Å². The molecule has 0 spiro atoms. The Bertz CT molecular complexity index is 908. The fourth-order valence-corrected chi connectivity index (χ4v) is 4.34. The molecule has 0 fully saturated rings. The molecule has 1 aromatic heterocycles. The highest BCUT2D eigenvalue weighted by Gasteiger charge is 2.48. The van der Waals surface area contributed by atoms with Gasteiger partial charge in [-0.2, -0.15) is 0 Å². The summed E-state index contributed by atoms with van der Waals surface area (Å²) < 4.78 is 0. The third-order valence-electron chi connectivity index (χ3n) is 4.98. The lowest BCUT2D eigenvalue weighted by atomic mass is 9.73. The van der Waals surface area contributed by atoms with Crippen molar-refractivity contribution in [2.24, 2.45) is 5.41 Å². The van der Waals surface area contributed by atoms with Gasteiger partial charge in [0, 0.05) is 23.2 Å². The van der Waals surface area contributed by atoms with E-state index < -0.39 is 5.41 Å². The van der Waals surface area contributed by atoms with E-state index in [1.54, 1.807) is 6.20 Å². The summed E-state index contributed by atoms with van der Waals surface area (Å²) >= 11 is 1.43. The number of nitrogens with one attached hydrogen (secondary N) is 1. The third kappa shape index (κ3) is 2.70. The molecule has 126 valence electrons. The minimum absolute atomic E-state index is 0.00826. The molecule has 2 aromatic carbocycles. The highest BCUT2D eigenvalue weighted by atomic mass is 32.1. The molecular formula is C20H19N3OS. The van der Waals surface area contributed by atoms with E-state index in [1.807, 2.05) is 48.7 Å². The summed E-state index contributed by atoms with van der Waals surface area (Å²) in [6.07, 6.45) is 2.38. The molecule has 1 aliphatic carbocycles. The molecule has 1 amide bonds. The topological polar surface area (TPSA) is 68.0 Å². The van der Waals surface area contributed by atoms with Crippen LogP contribution in [-0.2, 0) is 11.2 Å². The minimum Gasteiger partial charge on any atom is -0.399 e. The first kappa shape index (κ1) is 15.8. The van der Waals surface area contributed by atoms with Crippen molar-refractivity contribution in [1.82, 2.24) is 4.98 Å². The van der Waals surface area contributed by atoms with Crippen molar-refractivity contribution in [2.75, 3.05) is 11.1 Å². The number of nitrogens with two attached hydrogens (primary N) is 1. The molecule has 1 heterocycles. The number of rotatable bonds is 3. The van der Waals surface area contributed by atoms with Gasteiger partial charge in [0.15, 0.2) is 5.13 Å². The standard InChI is InChI=1S/C20H19N3OS/c1-20(18(24)23-19-22-9-10-25-19)12-14-7-8-15(21)11-16(14)17(20)13-5-3-2-4-6-13/h2-11,17H,12,21H2,1H3,(H,22,23,24)/t17-,20+/m0/s1. The van der Waals surface area contributed by atoms with Crippen molar-refractivity contribution in [3.05, 3.63) is 76.8 Å². The lowest BCUT2D eigenvalue weighted by molar-refractivity contribution is -0.125. The number of carbonyl (C=O) groups is 1. The molecule has 4 rings (SSSR count). The normalized spacial score (nSPS) is 21.7. The first-order chi connectivity index (χ1) is 12.1. The monoisotopic (exact) mass is 349 g/mol. The average molecular weight is 349 g/mol. The maximum atomic E-state index is 13.2. The molecule has 0 radical (unpaired) electrons. The Morgan fingerprint density at radius 3 is 2.80 bits per heavy atom. The number of benzene rings is 2. The summed E-state index contributed by atoms with van der Waals surface area (Å²) in [6, 6.07) is 16.1. The molecule has 0 bridgehead atoms. The number of hydrogen-bond acceptors (Lipinski definition) is 4. The van der Waals surface area contributed by atoms with Gasteiger partial charge in [0.05, 0.1) is 5.41 Å².